The van der Waals surface area contributed by atoms with Crippen LogP contribution in [-0.2, 0) is 6.42 Å². The number of piperidine rings is 1. The van der Waals surface area contributed by atoms with Gasteiger partial charge in [0.2, 0.25) is 0 Å². The lowest BCUT2D eigenvalue weighted by Gasteiger charge is -2.33. The Kier molecular flexibility index (Phi) is 4.13. The zero-order chi connectivity index (χ0) is 17.2. The minimum absolute atomic E-state index is 0.0445. The lowest BCUT2D eigenvalue weighted by atomic mass is 10.0. The molecule has 4 rings (SSSR count). The summed E-state index contributed by atoms with van der Waals surface area (Å²) in [7, 11) is 0. The summed E-state index contributed by atoms with van der Waals surface area (Å²) in [6.45, 7) is 3.55. The fraction of sp³-hybridized carbons (Fsp3) is 0.389. The summed E-state index contributed by atoms with van der Waals surface area (Å²) < 4.78 is 7.55. The summed E-state index contributed by atoms with van der Waals surface area (Å²) in [5, 5.41) is 7.05. The summed E-state index contributed by atoms with van der Waals surface area (Å²) in [4.78, 5) is 19.1. The molecule has 1 amide bonds. The van der Waals surface area contributed by atoms with Crippen LogP contribution >= 0.6 is 0 Å². The van der Waals surface area contributed by atoms with E-state index in [1.807, 2.05) is 29.4 Å². The van der Waals surface area contributed by atoms with Gasteiger partial charge in [-0.25, -0.2) is 4.98 Å². The fourth-order valence-corrected chi connectivity index (χ4v) is 3.47. The number of H-pyrrole nitrogens is 1. The van der Waals surface area contributed by atoms with Gasteiger partial charge >= 0.3 is 0 Å². The number of imidazole rings is 1. The Balaban J connectivity index is 1.50. The Morgan fingerprint density at radius 2 is 2.40 bits per heavy atom. The number of aryl methyl sites for hydroxylation is 1. The van der Waals surface area contributed by atoms with Crippen molar-refractivity contribution in [2.24, 2.45) is 0 Å². The number of aromatic amines is 1. The average Bonchev–Trinajstić information content (AvgIpc) is 3.41. The summed E-state index contributed by atoms with van der Waals surface area (Å²) in [5.41, 5.74) is 1.14. The van der Waals surface area contributed by atoms with Gasteiger partial charge in [-0.05, 0) is 25.0 Å². The van der Waals surface area contributed by atoms with Gasteiger partial charge in [-0.3, -0.25) is 9.89 Å². The van der Waals surface area contributed by atoms with Crippen LogP contribution in [0.2, 0.25) is 0 Å². The Morgan fingerprint density at radius 3 is 3.20 bits per heavy atom. The van der Waals surface area contributed by atoms with Crippen LogP contribution in [0.5, 0.6) is 0 Å². The van der Waals surface area contributed by atoms with Crippen LogP contribution in [0.4, 0.5) is 0 Å². The molecular formula is C18H21N5O2. The number of rotatable bonds is 4. The summed E-state index contributed by atoms with van der Waals surface area (Å²) in [5.74, 6) is 1.70. The molecule has 1 aliphatic rings. The van der Waals surface area contributed by atoms with E-state index in [2.05, 4.69) is 26.7 Å². The van der Waals surface area contributed by atoms with Gasteiger partial charge in [-0.15, -0.1) is 0 Å². The number of carbonyl (C=O) groups excluding carboxylic acids is 1. The topological polar surface area (TPSA) is 80.0 Å². The predicted octanol–water partition coefficient (Wildman–Crippen LogP) is 2.91. The molecule has 0 spiro atoms. The molecule has 3 aromatic heterocycles. The fourth-order valence-electron chi connectivity index (χ4n) is 3.47. The molecule has 0 aliphatic carbocycles. The van der Waals surface area contributed by atoms with Gasteiger partial charge in [0.25, 0.3) is 5.91 Å². The molecule has 0 radical (unpaired) electrons. The largest absolute Gasteiger partial charge is 0.463 e. The number of carbonyl (C=O) groups is 1. The Hall–Kier alpha value is -2.83. The molecule has 0 bridgehead atoms. The molecule has 25 heavy (non-hydrogen) atoms. The van der Waals surface area contributed by atoms with Crippen molar-refractivity contribution in [2.45, 2.75) is 32.2 Å². The van der Waals surface area contributed by atoms with E-state index in [1.54, 1.807) is 12.3 Å². The van der Waals surface area contributed by atoms with Crippen molar-refractivity contribution in [3.63, 3.8) is 0 Å². The molecule has 7 nitrogen and oxygen atoms in total. The van der Waals surface area contributed by atoms with Gasteiger partial charge in [0.05, 0.1) is 12.3 Å². The number of aromatic nitrogens is 4. The molecule has 1 aliphatic heterocycles. The second kappa shape index (κ2) is 6.58. The maximum absolute atomic E-state index is 12.8. The van der Waals surface area contributed by atoms with Crippen LogP contribution in [0, 0.1) is 0 Å². The van der Waals surface area contributed by atoms with Crippen molar-refractivity contribution in [3.05, 3.63) is 48.4 Å². The lowest BCUT2D eigenvalue weighted by Crippen LogP contribution is -2.41. The molecule has 130 valence electrons. The predicted molar refractivity (Wildman–Crippen MR) is 92.1 cm³/mol. The number of hydrogen-bond donors (Lipinski definition) is 1. The first-order valence-corrected chi connectivity index (χ1v) is 8.66. The third kappa shape index (κ3) is 2.97. The average molecular weight is 339 g/mol. The molecule has 1 atom stereocenters. The standard InChI is InChI=1S/C18H21N5O2/c1-2-17-19-7-9-23(17)13-5-3-8-22(12-13)18(24)15-11-14(20-21-15)16-6-4-10-25-16/h4,6-7,9-11,13H,2-3,5,8,12H2,1H3,(H,20,21). The number of amides is 1. The highest BCUT2D eigenvalue weighted by atomic mass is 16.3. The minimum atomic E-state index is -0.0445. The first-order valence-electron chi connectivity index (χ1n) is 8.66. The van der Waals surface area contributed by atoms with Crippen molar-refractivity contribution < 1.29 is 9.21 Å². The lowest BCUT2D eigenvalue weighted by molar-refractivity contribution is 0.0672. The van der Waals surface area contributed by atoms with E-state index in [4.69, 9.17) is 4.42 Å². The monoisotopic (exact) mass is 339 g/mol. The Bertz CT molecular complexity index is 849. The van der Waals surface area contributed by atoms with E-state index in [-0.39, 0.29) is 11.9 Å². The van der Waals surface area contributed by atoms with Crippen molar-refractivity contribution in [3.8, 4) is 11.5 Å². The maximum Gasteiger partial charge on any atom is 0.274 e. The van der Waals surface area contributed by atoms with Gasteiger partial charge in [-0.1, -0.05) is 6.92 Å². The van der Waals surface area contributed by atoms with Gasteiger partial charge in [-0.2, -0.15) is 5.10 Å². The van der Waals surface area contributed by atoms with Crippen LogP contribution < -0.4 is 0 Å². The van der Waals surface area contributed by atoms with E-state index >= 15 is 0 Å². The first kappa shape index (κ1) is 15.7. The number of likely N-dealkylation sites (tertiary alicyclic amines) is 1. The van der Waals surface area contributed by atoms with E-state index in [1.165, 1.54) is 0 Å². The third-order valence-electron chi connectivity index (χ3n) is 4.73. The molecule has 1 saturated heterocycles. The van der Waals surface area contributed by atoms with Gasteiger partial charge in [0, 0.05) is 38.0 Å². The van der Waals surface area contributed by atoms with Gasteiger partial charge in [0.15, 0.2) is 11.5 Å². The summed E-state index contributed by atoms with van der Waals surface area (Å²) in [6, 6.07) is 5.67. The molecule has 1 N–H and O–H groups in total. The van der Waals surface area contributed by atoms with Crippen LogP contribution in [0.1, 0.15) is 42.1 Å². The molecule has 1 fully saturated rings. The summed E-state index contributed by atoms with van der Waals surface area (Å²) >= 11 is 0. The molecule has 3 aromatic rings. The number of nitrogens with zero attached hydrogens (tertiary/aromatic N) is 4. The van der Waals surface area contributed by atoms with Crippen LogP contribution in [0.15, 0.2) is 41.3 Å². The van der Waals surface area contributed by atoms with Gasteiger partial charge in [0.1, 0.15) is 11.5 Å². The zero-order valence-electron chi connectivity index (χ0n) is 14.2. The van der Waals surface area contributed by atoms with Crippen LogP contribution in [0.3, 0.4) is 0 Å². The normalized spacial score (nSPS) is 17.8. The van der Waals surface area contributed by atoms with E-state index in [0.717, 1.165) is 31.6 Å². The van der Waals surface area contributed by atoms with Crippen LogP contribution in [-0.4, -0.2) is 43.6 Å². The zero-order valence-corrected chi connectivity index (χ0v) is 14.2. The van der Waals surface area contributed by atoms with Crippen molar-refractivity contribution in [1.29, 1.82) is 0 Å². The van der Waals surface area contributed by atoms with Crippen molar-refractivity contribution in [2.75, 3.05) is 13.1 Å². The number of nitrogens with one attached hydrogen (secondary N) is 1. The molecule has 0 aromatic carbocycles. The van der Waals surface area contributed by atoms with E-state index in [0.29, 0.717) is 23.7 Å². The third-order valence-corrected chi connectivity index (χ3v) is 4.73. The molecule has 1 unspecified atom stereocenters. The number of hydrogen-bond acceptors (Lipinski definition) is 4. The Labute approximate surface area is 145 Å². The number of furan rings is 1. The van der Waals surface area contributed by atoms with E-state index < -0.39 is 0 Å². The minimum Gasteiger partial charge on any atom is -0.463 e. The second-order valence-corrected chi connectivity index (χ2v) is 6.30. The van der Waals surface area contributed by atoms with Crippen molar-refractivity contribution >= 4 is 5.91 Å². The molecule has 7 heteroatoms. The highest BCUT2D eigenvalue weighted by molar-refractivity contribution is 5.93. The van der Waals surface area contributed by atoms with Crippen molar-refractivity contribution in [1.82, 2.24) is 24.6 Å². The van der Waals surface area contributed by atoms with E-state index in [9.17, 15) is 4.79 Å². The quantitative estimate of drug-likeness (QED) is 0.792. The summed E-state index contributed by atoms with van der Waals surface area (Å²) in [6.07, 6.45) is 8.38. The van der Waals surface area contributed by atoms with Gasteiger partial charge < -0.3 is 13.9 Å². The highest BCUT2D eigenvalue weighted by Crippen LogP contribution is 2.25. The highest BCUT2D eigenvalue weighted by Gasteiger charge is 2.27. The SMILES string of the molecule is CCc1nccn1C1CCCN(C(=O)c2cc(-c3ccco3)[nH]n2)C1. The molecular weight excluding hydrogens is 318 g/mol. The van der Waals surface area contributed by atoms with Crippen LogP contribution in [0.25, 0.3) is 11.5 Å². The first-order chi connectivity index (χ1) is 12.3. The Morgan fingerprint density at radius 1 is 1.48 bits per heavy atom. The second-order valence-electron chi connectivity index (χ2n) is 6.30. The molecule has 0 saturated carbocycles. The smallest absolute Gasteiger partial charge is 0.274 e. The maximum atomic E-state index is 12.8. The molecule has 4 heterocycles.